The van der Waals surface area contributed by atoms with E-state index in [2.05, 4.69) is 13.5 Å². The lowest BCUT2D eigenvalue weighted by molar-refractivity contribution is -0.378. The Morgan fingerprint density at radius 1 is 0.679 bits per heavy atom. The quantitative estimate of drug-likeness (QED) is 0.0631. The molecule has 0 amide bonds. The lowest BCUT2D eigenvalue weighted by Crippen LogP contribution is -2.65. The minimum atomic E-state index is -1.81. The minimum Gasteiger partial charge on any atom is -0.432 e. The lowest BCUT2D eigenvalue weighted by atomic mass is 9.41. The van der Waals surface area contributed by atoms with Crippen molar-refractivity contribution in [2.45, 2.75) is 169 Å². The fraction of sp³-hybridized carbons (Fsp3) is 0.921. The number of carbonyl (C=O) groups excluding carboxylic acids is 1. The third-order valence-electron chi connectivity index (χ3n) is 15.0. The predicted molar refractivity (Wildman–Crippen MR) is 186 cm³/mol. The van der Waals surface area contributed by atoms with E-state index in [-0.39, 0.29) is 22.7 Å². The molecule has 56 heavy (non-hydrogen) atoms. The third-order valence-corrected chi connectivity index (χ3v) is 15.0. The molecule has 1 spiro atoms. The number of aliphatic hydroxyl groups is 11. The van der Waals surface area contributed by atoms with E-state index >= 15 is 0 Å². The van der Waals surface area contributed by atoms with Gasteiger partial charge in [0.15, 0.2) is 12.6 Å². The van der Waals surface area contributed by atoms with Crippen LogP contribution >= 0.6 is 0 Å². The van der Waals surface area contributed by atoms with Crippen molar-refractivity contribution < 1.29 is 89.4 Å². The molecule has 3 heterocycles. The second kappa shape index (κ2) is 15.6. The zero-order valence-electron chi connectivity index (χ0n) is 31.8. The smallest absolute Gasteiger partial charge is 0.314 e. The molecule has 320 valence electrons. The fourth-order valence-electron chi connectivity index (χ4n) is 12.0. The largest absolute Gasteiger partial charge is 0.432 e. The van der Waals surface area contributed by atoms with Crippen LogP contribution in [0.2, 0.25) is 0 Å². The van der Waals surface area contributed by atoms with Gasteiger partial charge in [-0.05, 0) is 86.5 Å². The Morgan fingerprint density at radius 2 is 1.21 bits per heavy atom. The Bertz CT molecular complexity index is 1450. The number of ether oxygens (including phenoxy) is 6. The summed E-state index contributed by atoms with van der Waals surface area (Å²) >= 11 is 0. The van der Waals surface area contributed by atoms with Crippen molar-refractivity contribution in [2.75, 3.05) is 19.8 Å². The Hall–Kier alpha value is -1.43. The van der Waals surface area contributed by atoms with Crippen molar-refractivity contribution in [3.05, 3.63) is 12.2 Å². The van der Waals surface area contributed by atoms with E-state index in [0.717, 1.165) is 18.4 Å². The molecule has 7 aliphatic rings. The van der Waals surface area contributed by atoms with Gasteiger partial charge >= 0.3 is 5.97 Å². The summed E-state index contributed by atoms with van der Waals surface area (Å²) in [7, 11) is 0. The van der Waals surface area contributed by atoms with Crippen molar-refractivity contribution in [3.8, 4) is 0 Å². The average Bonchev–Trinajstić information content (AvgIpc) is 3.37. The van der Waals surface area contributed by atoms with Gasteiger partial charge < -0.3 is 84.6 Å². The molecular formula is C38H60O18. The highest BCUT2D eigenvalue weighted by molar-refractivity contribution is 5.77. The molecule has 7 fully saturated rings. The molecule has 18 heteroatoms. The topological polar surface area (TPSA) is 295 Å². The highest BCUT2D eigenvalue weighted by Gasteiger charge is 2.69. The van der Waals surface area contributed by atoms with Gasteiger partial charge in [0.2, 0.25) is 6.29 Å². The standard InChI is InChI=1S/C38H60O18/c1-16-11-37-9-5-20-35(2,7-4-8-36(20,3)34(50)55-32-29(49)26(46)23(43)18(13-40)52-32)21(37)6-10-38(16,15-37)56-33-30(27(47)24(44)19(14-41)53-33)54-31-28(48)25(45)22(42)17(12-39)51-31/h17-33,39-49H,1,4-15H2,2-3H3/t17-,18+,19-,20-,21+,22+,23+,24-,25-,26-,27+,28+,29+,30+,31+,32-,33+,35-,36-,37-,38+/m1/s1. The third kappa shape index (κ3) is 6.69. The average molecular weight is 805 g/mol. The van der Waals surface area contributed by atoms with Crippen molar-refractivity contribution in [1.29, 1.82) is 0 Å². The molecular weight excluding hydrogens is 744 g/mol. The lowest BCUT2D eigenvalue weighted by Gasteiger charge is -2.64. The molecule has 11 N–H and O–H groups in total. The van der Waals surface area contributed by atoms with Crippen molar-refractivity contribution in [3.63, 3.8) is 0 Å². The highest BCUT2D eigenvalue weighted by Crippen LogP contribution is 2.73. The molecule has 18 nitrogen and oxygen atoms in total. The first-order valence-electron chi connectivity index (χ1n) is 19.9. The summed E-state index contributed by atoms with van der Waals surface area (Å²) in [5.74, 6) is -0.591. The summed E-state index contributed by atoms with van der Waals surface area (Å²) in [4.78, 5) is 14.1. The van der Waals surface area contributed by atoms with Crippen molar-refractivity contribution in [1.82, 2.24) is 0 Å². The summed E-state index contributed by atoms with van der Waals surface area (Å²) in [5, 5.41) is 114. The molecule has 4 aliphatic carbocycles. The first-order chi connectivity index (χ1) is 26.4. The predicted octanol–water partition coefficient (Wildman–Crippen LogP) is -2.94. The normalized spacial score (nSPS) is 54.6. The number of rotatable bonds is 9. The summed E-state index contributed by atoms with van der Waals surface area (Å²) in [5.41, 5.74) is -1.80. The van der Waals surface area contributed by atoms with Crippen LogP contribution in [0.5, 0.6) is 0 Å². The molecule has 0 aromatic rings. The Labute approximate surface area is 324 Å². The van der Waals surface area contributed by atoms with Crippen LogP contribution < -0.4 is 0 Å². The van der Waals surface area contributed by atoms with Gasteiger partial charge in [0, 0.05) is 0 Å². The molecule has 7 rings (SSSR count). The van der Waals surface area contributed by atoms with Gasteiger partial charge in [-0.3, -0.25) is 4.79 Å². The second-order valence-corrected chi connectivity index (χ2v) is 18.0. The summed E-state index contributed by atoms with van der Waals surface area (Å²) in [6.45, 7) is 6.52. The first kappa shape index (κ1) is 42.7. The van der Waals surface area contributed by atoms with E-state index in [1.54, 1.807) is 0 Å². The van der Waals surface area contributed by atoms with Crippen LogP contribution in [-0.2, 0) is 33.2 Å². The van der Waals surface area contributed by atoms with Crippen LogP contribution in [0, 0.1) is 28.1 Å². The van der Waals surface area contributed by atoms with E-state index in [1.807, 2.05) is 6.92 Å². The Balaban J connectivity index is 1.10. The fourth-order valence-corrected chi connectivity index (χ4v) is 12.0. The highest BCUT2D eigenvalue weighted by atomic mass is 16.8. The number of aliphatic hydroxyl groups excluding tert-OH is 11. The van der Waals surface area contributed by atoms with Crippen LogP contribution in [-0.4, -0.2) is 180 Å². The van der Waals surface area contributed by atoms with Crippen LogP contribution in [0.4, 0.5) is 0 Å². The molecule has 4 saturated carbocycles. The minimum absolute atomic E-state index is 0.121. The maximum atomic E-state index is 14.1. The summed E-state index contributed by atoms with van der Waals surface area (Å²) < 4.78 is 35.6. The van der Waals surface area contributed by atoms with E-state index < -0.39 is 129 Å². The maximum absolute atomic E-state index is 14.1. The van der Waals surface area contributed by atoms with E-state index in [9.17, 15) is 61.0 Å². The van der Waals surface area contributed by atoms with Crippen molar-refractivity contribution in [2.24, 2.45) is 28.1 Å². The molecule has 0 aromatic heterocycles. The van der Waals surface area contributed by atoms with Gasteiger partial charge in [-0.2, -0.15) is 0 Å². The molecule has 21 atom stereocenters. The van der Waals surface area contributed by atoms with Gasteiger partial charge in [0.05, 0.1) is 30.8 Å². The molecule has 2 bridgehead atoms. The molecule has 0 radical (unpaired) electrons. The van der Waals surface area contributed by atoms with Crippen LogP contribution in [0.1, 0.15) is 71.6 Å². The zero-order valence-corrected chi connectivity index (χ0v) is 31.8. The number of carbonyl (C=O) groups is 1. The number of hydrogen-bond acceptors (Lipinski definition) is 18. The molecule has 3 saturated heterocycles. The maximum Gasteiger partial charge on any atom is 0.314 e. The van der Waals surface area contributed by atoms with Gasteiger partial charge in [0.1, 0.15) is 73.2 Å². The van der Waals surface area contributed by atoms with Crippen LogP contribution in [0.25, 0.3) is 0 Å². The molecule has 3 aliphatic heterocycles. The number of fused-ring (bicyclic) bond motifs is 3. The van der Waals surface area contributed by atoms with E-state index in [4.69, 9.17) is 28.4 Å². The Kier molecular flexibility index (Phi) is 11.9. The summed E-state index contributed by atoms with van der Waals surface area (Å²) in [6.07, 6.45) is -17.8. The number of hydrogen-bond donors (Lipinski definition) is 11. The number of esters is 1. The van der Waals surface area contributed by atoms with Crippen molar-refractivity contribution >= 4 is 5.97 Å². The van der Waals surface area contributed by atoms with Gasteiger partial charge in [-0.25, -0.2) is 0 Å². The zero-order chi connectivity index (χ0) is 40.7. The van der Waals surface area contributed by atoms with E-state index in [0.29, 0.717) is 44.9 Å². The first-order valence-corrected chi connectivity index (χ1v) is 19.9. The SMILES string of the molecule is C=C1C[C@@]23CC[C@@H]4[C@@](C)(CCC[C@@]4(C)C(=O)O[C@H]4O[C@@H](CO)[C@H](O)[C@@H](O)[C@@H]4O)[C@@H]2CC[C@]1(O[C@@H]1O[C@H](CO)[C@@H](O)[C@H](O)[C@@H]1O[C@@H]1O[C@H](CO)[C@H](O)[C@@H](O)[C@@H]1O)C3. The molecule has 0 aromatic carbocycles. The Morgan fingerprint density at radius 3 is 1.82 bits per heavy atom. The van der Waals surface area contributed by atoms with E-state index in [1.165, 1.54) is 0 Å². The van der Waals surface area contributed by atoms with Gasteiger partial charge in [0.25, 0.3) is 0 Å². The van der Waals surface area contributed by atoms with Crippen LogP contribution in [0.3, 0.4) is 0 Å². The van der Waals surface area contributed by atoms with Gasteiger partial charge in [-0.15, -0.1) is 0 Å². The van der Waals surface area contributed by atoms with Gasteiger partial charge in [-0.1, -0.05) is 19.9 Å². The molecule has 0 unspecified atom stereocenters. The van der Waals surface area contributed by atoms with Crippen LogP contribution in [0.15, 0.2) is 12.2 Å². The summed E-state index contributed by atoms with van der Waals surface area (Å²) in [6, 6.07) is 0. The second-order valence-electron chi connectivity index (χ2n) is 18.0. The monoisotopic (exact) mass is 804 g/mol.